The highest BCUT2D eigenvalue weighted by Gasteiger charge is 2.21. The van der Waals surface area contributed by atoms with Gasteiger partial charge in [-0.15, -0.1) is 0 Å². The Morgan fingerprint density at radius 3 is 3.00 bits per heavy atom. The molecule has 2 N–H and O–H groups in total. The molecule has 2 unspecified atom stereocenters. The van der Waals surface area contributed by atoms with Crippen LogP contribution in [-0.4, -0.2) is 25.6 Å². The Balaban J connectivity index is 1.92. The summed E-state index contributed by atoms with van der Waals surface area (Å²) in [5.41, 5.74) is 0.961. The lowest BCUT2D eigenvalue weighted by Crippen LogP contribution is -2.36. The number of methoxy groups -OCH3 is 1. The number of hydrogen-bond acceptors (Lipinski definition) is 3. The van der Waals surface area contributed by atoms with Gasteiger partial charge in [-0.2, -0.15) is 0 Å². The molecule has 4 nitrogen and oxygen atoms in total. The van der Waals surface area contributed by atoms with Crippen molar-refractivity contribution in [1.29, 1.82) is 0 Å². The topological polar surface area (TPSA) is 50.4 Å². The molecule has 0 aliphatic carbocycles. The molecule has 1 amide bonds. The zero-order valence-electron chi connectivity index (χ0n) is 11.2. The molecule has 1 heterocycles. The van der Waals surface area contributed by atoms with Crippen molar-refractivity contribution in [3.05, 3.63) is 29.6 Å². The standard InChI is InChI=1S/C14H19FN2O2/c1-9(16-8-11-4-6-14(18)17-11)10-3-5-12(15)13(7-10)19-2/h3,5,7,9,11,16H,4,6,8H2,1-2H3,(H,17,18). The van der Waals surface area contributed by atoms with E-state index in [-0.39, 0.29) is 29.6 Å². The van der Waals surface area contributed by atoms with Gasteiger partial charge in [-0.1, -0.05) is 6.07 Å². The van der Waals surface area contributed by atoms with Gasteiger partial charge in [0.1, 0.15) is 0 Å². The second-order valence-electron chi connectivity index (χ2n) is 4.83. The third-order valence-corrected chi connectivity index (χ3v) is 3.43. The molecule has 2 rings (SSSR count). The lowest BCUT2D eigenvalue weighted by atomic mass is 10.1. The third kappa shape index (κ3) is 3.44. The summed E-state index contributed by atoms with van der Waals surface area (Å²) in [6.45, 7) is 2.72. The van der Waals surface area contributed by atoms with Crippen molar-refractivity contribution in [2.75, 3.05) is 13.7 Å². The van der Waals surface area contributed by atoms with Gasteiger partial charge in [0.15, 0.2) is 11.6 Å². The van der Waals surface area contributed by atoms with E-state index in [0.717, 1.165) is 12.0 Å². The molecule has 5 heteroatoms. The summed E-state index contributed by atoms with van der Waals surface area (Å²) in [5, 5.41) is 6.25. The molecule has 1 fully saturated rings. The average Bonchev–Trinajstić information content (AvgIpc) is 2.82. The summed E-state index contributed by atoms with van der Waals surface area (Å²) >= 11 is 0. The number of nitrogens with one attached hydrogen (secondary N) is 2. The molecular weight excluding hydrogens is 247 g/mol. The van der Waals surface area contributed by atoms with Crippen LogP contribution in [0.3, 0.4) is 0 Å². The first kappa shape index (κ1) is 13.8. The highest BCUT2D eigenvalue weighted by Crippen LogP contribution is 2.22. The fourth-order valence-electron chi connectivity index (χ4n) is 2.21. The first-order valence-corrected chi connectivity index (χ1v) is 6.46. The molecule has 0 saturated carbocycles. The smallest absolute Gasteiger partial charge is 0.220 e. The number of hydrogen-bond donors (Lipinski definition) is 2. The van der Waals surface area contributed by atoms with E-state index in [1.807, 2.05) is 6.92 Å². The predicted octanol–water partition coefficient (Wildman–Crippen LogP) is 1.76. The molecule has 1 saturated heterocycles. The van der Waals surface area contributed by atoms with Gasteiger partial charge in [0.25, 0.3) is 0 Å². The maximum atomic E-state index is 13.3. The molecule has 0 bridgehead atoms. The number of carbonyl (C=O) groups excluding carboxylic acids is 1. The van der Waals surface area contributed by atoms with Gasteiger partial charge in [0.05, 0.1) is 7.11 Å². The largest absolute Gasteiger partial charge is 0.494 e. The quantitative estimate of drug-likeness (QED) is 0.854. The van der Waals surface area contributed by atoms with E-state index in [9.17, 15) is 9.18 Å². The van der Waals surface area contributed by atoms with Crippen LogP contribution in [0.5, 0.6) is 5.75 Å². The van der Waals surface area contributed by atoms with Gasteiger partial charge in [-0.3, -0.25) is 4.79 Å². The highest BCUT2D eigenvalue weighted by atomic mass is 19.1. The lowest BCUT2D eigenvalue weighted by Gasteiger charge is -2.18. The van der Waals surface area contributed by atoms with Crippen molar-refractivity contribution in [2.45, 2.75) is 31.8 Å². The normalized spacial score (nSPS) is 20.2. The predicted molar refractivity (Wildman–Crippen MR) is 70.5 cm³/mol. The van der Waals surface area contributed by atoms with Gasteiger partial charge in [0, 0.05) is 25.0 Å². The summed E-state index contributed by atoms with van der Waals surface area (Å²) < 4.78 is 18.3. The lowest BCUT2D eigenvalue weighted by molar-refractivity contribution is -0.119. The number of ether oxygens (including phenoxy) is 1. The van der Waals surface area contributed by atoms with Crippen LogP contribution < -0.4 is 15.4 Å². The van der Waals surface area contributed by atoms with Crippen LogP contribution in [0.2, 0.25) is 0 Å². The van der Waals surface area contributed by atoms with Crippen LogP contribution in [0.15, 0.2) is 18.2 Å². The van der Waals surface area contributed by atoms with E-state index in [0.29, 0.717) is 13.0 Å². The van der Waals surface area contributed by atoms with Crippen LogP contribution in [0.1, 0.15) is 31.4 Å². The van der Waals surface area contributed by atoms with E-state index >= 15 is 0 Å². The Hall–Kier alpha value is -1.62. The van der Waals surface area contributed by atoms with E-state index in [4.69, 9.17) is 4.74 Å². The zero-order valence-corrected chi connectivity index (χ0v) is 11.2. The molecule has 104 valence electrons. The molecule has 0 spiro atoms. The van der Waals surface area contributed by atoms with Gasteiger partial charge in [-0.25, -0.2) is 4.39 Å². The molecule has 2 atom stereocenters. The SMILES string of the molecule is COc1cc(C(C)NCC2CCC(=O)N2)ccc1F. The van der Waals surface area contributed by atoms with Crippen LogP contribution in [-0.2, 0) is 4.79 Å². The summed E-state index contributed by atoms with van der Waals surface area (Å²) in [4.78, 5) is 11.1. The molecule has 1 aliphatic rings. The molecular formula is C14H19FN2O2. The van der Waals surface area contributed by atoms with E-state index in [2.05, 4.69) is 10.6 Å². The van der Waals surface area contributed by atoms with Crippen molar-refractivity contribution < 1.29 is 13.9 Å². The molecule has 1 aromatic carbocycles. The summed E-state index contributed by atoms with van der Waals surface area (Å²) in [7, 11) is 1.45. The van der Waals surface area contributed by atoms with Crippen molar-refractivity contribution >= 4 is 5.91 Å². The maximum Gasteiger partial charge on any atom is 0.220 e. The fourth-order valence-corrected chi connectivity index (χ4v) is 2.21. The molecule has 19 heavy (non-hydrogen) atoms. The van der Waals surface area contributed by atoms with Crippen LogP contribution in [0.4, 0.5) is 4.39 Å². The second kappa shape index (κ2) is 6.02. The number of amides is 1. The van der Waals surface area contributed by atoms with E-state index in [1.165, 1.54) is 13.2 Å². The van der Waals surface area contributed by atoms with Gasteiger partial charge in [0.2, 0.25) is 5.91 Å². The first-order chi connectivity index (χ1) is 9.10. The zero-order chi connectivity index (χ0) is 13.8. The number of halogens is 1. The summed E-state index contributed by atoms with van der Waals surface area (Å²) in [6, 6.07) is 5.11. The minimum atomic E-state index is -0.360. The van der Waals surface area contributed by atoms with Crippen LogP contribution >= 0.6 is 0 Å². The van der Waals surface area contributed by atoms with Crippen LogP contribution in [0.25, 0.3) is 0 Å². The third-order valence-electron chi connectivity index (χ3n) is 3.43. The summed E-state index contributed by atoms with van der Waals surface area (Å²) in [6.07, 6.45) is 1.47. The van der Waals surface area contributed by atoms with Crippen molar-refractivity contribution in [2.24, 2.45) is 0 Å². The Kier molecular flexibility index (Phi) is 4.37. The Labute approximate surface area is 112 Å². The van der Waals surface area contributed by atoms with Gasteiger partial charge in [-0.05, 0) is 31.0 Å². The van der Waals surface area contributed by atoms with Gasteiger partial charge >= 0.3 is 0 Å². The van der Waals surface area contributed by atoms with Gasteiger partial charge < -0.3 is 15.4 Å². The van der Waals surface area contributed by atoms with Crippen molar-refractivity contribution in [1.82, 2.24) is 10.6 Å². The second-order valence-corrected chi connectivity index (χ2v) is 4.83. The summed E-state index contributed by atoms with van der Waals surface area (Å²) in [5.74, 6) is 0.00438. The van der Waals surface area contributed by atoms with E-state index in [1.54, 1.807) is 12.1 Å². The maximum absolute atomic E-state index is 13.3. The van der Waals surface area contributed by atoms with Crippen LogP contribution in [0, 0.1) is 5.82 Å². The average molecular weight is 266 g/mol. The molecule has 0 aromatic heterocycles. The van der Waals surface area contributed by atoms with E-state index < -0.39 is 0 Å². The minimum Gasteiger partial charge on any atom is -0.494 e. The fraction of sp³-hybridized carbons (Fsp3) is 0.500. The Morgan fingerprint density at radius 1 is 1.58 bits per heavy atom. The monoisotopic (exact) mass is 266 g/mol. The molecule has 1 aliphatic heterocycles. The Morgan fingerprint density at radius 2 is 2.37 bits per heavy atom. The number of benzene rings is 1. The number of carbonyl (C=O) groups is 1. The number of rotatable bonds is 5. The first-order valence-electron chi connectivity index (χ1n) is 6.46. The van der Waals surface area contributed by atoms with Crippen molar-refractivity contribution in [3.63, 3.8) is 0 Å². The molecule has 0 radical (unpaired) electrons. The highest BCUT2D eigenvalue weighted by molar-refractivity contribution is 5.78. The Bertz CT molecular complexity index is 465. The molecule has 1 aromatic rings. The van der Waals surface area contributed by atoms with Crippen molar-refractivity contribution in [3.8, 4) is 5.75 Å². The minimum absolute atomic E-state index is 0.0759.